The predicted octanol–water partition coefficient (Wildman–Crippen LogP) is 1.59. The Morgan fingerprint density at radius 2 is 2.00 bits per heavy atom. The van der Waals surface area contributed by atoms with Gasteiger partial charge in [0.2, 0.25) is 15.9 Å². The van der Waals surface area contributed by atoms with Crippen LogP contribution in [0.25, 0.3) is 0 Å². The van der Waals surface area contributed by atoms with Crippen LogP contribution < -0.4 is 9.46 Å². The second-order valence-corrected chi connectivity index (χ2v) is 13.8. The molecule has 2 aromatic rings. The van der Waals surface area contributed by atoms with Gasteiger partial charge in [-0.05, 0) is 36.6 Å². The molecule has 0 aliphatic carbocycles. The van der Waals surface area contributed by atoms with Crippen LogP contribution in [0.15, 0.2) is 39.9 Å². The molecule has 1 aliphatic rings. The molecule has 194 valence electrons. The van der Waals surface area contributed by atoms with Gasteiger partial charge in [0.05, 0.1) is 31.9 Å². The summed E-state index contributed by atoms with van der Waals surface area (Å²) in [5.41, 5.74) is 0.743. The van der Waals surface area contributed by atoms with Crippen LogP contribution in [0.2, 0.25) is 0 Å². The van der Waals surface area contributed by atoms with Crippen molar-refractivity contribution in [3.05, 3.63) is 41.3 Å². The van der Waals surface area contributed by atoms with Gasteiger partial charge in [-0.3, -0.25) is 9.52 Å². The maximum atomic E-state index is 13.2. The zero-order chi connectivity index (χ0) is 26.0. The number of anilines is 1. The van der Waals surface area contributed by atoms with E-state index in [0.29, 0.717) is 11.3 Å². The van der Waals surface area contributed by atoms with Crippen LogP contribution in [0, 0.1) is 5.92 Å². The van der Waals surface area contributed by atoms with Crippen LogP contribution in [0.5, 0.6) is 5.75 Å². The average Bonchev–Trinajstić information content (AvgIpc) is 3.32. The van der Waals surface area contributed by atoms with Crippen LogP contribution in [-0.4, -0.2) is 82.2 Å². The third-order valence-corrected chi connectivity index (χ3v) is 9.62. The number of hydrogen-bond acceptors (Lipinski definition) is 8. The van der Waals surface area contributed by atoms with Gasteiger partial charge in [0.15, 0.2) is 0 Å². The van der Waals surface area contributed by atoms with E-state index in [1.165, 1.54) is 23.5 Å². The zero-order valence-electron chi connectivity index (χ0n) is 20.0. The first-order valence-electron chi connectivity index (χ1n) is 11.0. The highest BCUT2D eigenvalue weighted by atomic mass is 32.2. The minimum Gasteiger partial charge on any atom is -0.488 e. The molecule has 10 nitrogen and oxygen atoms in total. The molecule has 1 amide bonds. The molecule has 0 saturated heterocycles. The minimum atomic E-state index is -3.72. The highest BCUT2D eigenvalue weighted by Gasteiger charge is 2.33. The highest BCUT2D eigenvalue weighted by molar-refractivity contribution is 7.92. The number of nitrogens with one attached hydrogen (secondary N) is 1. The van der Waals surface area contributed by atoms with Crippen LogP contribution in [0.3, 0.4) is 0 Å². The predicted molar refractivity (Wildman–Crippen MR) is 135 cm³/mol. The van der Waals surface area contributed by atoms with Gasteiger partial charge in [-0.15, -0.1) is 11.3 Å². The fraction of sp³-hybridized carbons (Fsp3) is 0.500. The van der Waals surface area contributed by atoms with Crippen molar-refractivity contribution in [3.63, 3.8) is 0 Å². The molecule has 0 radical (unpaired) electrons. The first kappa shape index (κ1) is 27.4. The van der Waals surface area contributed by atoms with Crippen molar-refractivity contribution in [1.82, 2.24) is 9.21 Å². The molecule has 35 heavy (non-hydrogen) atoms. The molecule has 3 atom stereocenters. The van der Waals surface area contributed by atoms with E-state index in [2.05, 4.69) is 4.72 Å². The lowest BCUT2D eigenvalue weighted by Crippen LogP contribution is -2.48. The Hall–Kier alpha value is -2.19. The number of sulfonamides is 2. The first-order valence-corrected chi connectivity index (χ1v) is 15.2. The minimum absolute atomic E-state index is 0.0275. The molecule has 0 unspecified atom stereocenters. The molecule has 2 heterocycles. The maximum Gasteiger partial charge on any atom is 0.252 e. The Balaban J connectivity index is 1.99. The number of fused-ring (bicyclic) bond motifs is 1. The first-order chi connectivity index (χ1) is 16.3. The average molecular weight is 546 g/mol. The molecule has 2 N–H and O–H groups in total. The molecule has 3 rings (SSSR count). The van der Waals surface area contributed by atoms with E-state index in [0.717, 1.165) is 17.6 Å². The smallest absolute Gasteiger partial charge is 0.252 e. The van der Waals surface area contributed by atoms with Crippen molar-refractivity contribution >= 4 is 43.0 Å². The van der Waals surface area contributed by atoms with Crippen LogP contribution in [0.4, 0.5) is 5.69 Å². The van der Waals surface area contributed by atoms with E-state index in [-0.39, 0.29) is 47.8 Å². The number of carbonyl (C=O) groups is 1. The topological polar surface area (TPSA) is 133 Å². The van der Waals surface area contributed by atoms with Crippen molar-refractivity contribution in [2.24, 2.45) is 5.92 Å². The number of aliphatic hydroxyl groups excluding tert-OH is 1. The van der Waals surface area contributed by atoms with E-state index in [1.807, 2.05) is 6.92 Å². The quantitative estimate of drug-likeness (QED) is 0.515. The van der Waals surface area contributed by atoms with Gasteiger partial charge >= 0.3 is 0 Å². The van der Waals surface area contributed by atoms with Crippen molar-refractivity contribution in [2.75, 3.05) is 37.7 Å². The Bertz CT molecular complexity index is 1250. The lowest BCUT2D eigenvalue weighted by molar-refractivity contribution is -0.134. The Morgan fingerprint density at radius 1 is 1.29 bits per heavy atom. The normalized spacial score (nSPS) is 20.4. The van der Waals surface area contributed by atoms with E-state index in [9.17, 15) is 26.7 Å². The summed E-state index contributed by atoms with van der Waals surface area (Å²) in [6.45, 7) is 3.64. The summed E-state index contributed by atoms with van der Waals surface area (Å²) in [5, 5.41) is 11.4. The van der Waals surface area contributed by atoms with Gasteiger partial charge in [-0.25, -0.2) is 16.8 Å². The summed E-state index contributed by atoms with van der Waals surface area (Å²) < 4.78 is 59.5. The SMILES string of the molecule is C[C@H](CO)N1C[C@H](C)[C@@H](CN(C)S(=O)(=O)c2cccs2)Oc2ccc(NS(C)(=O)=O)cc2CC1=O. The van der Waals surface area contributed by atoms with Crippen LogP contribution >= 0.6 is 11.3 Å². The number of rotatable bonds is 8. The van der Waals surface area contributed by atoms with Crippen molar-refractivity contribution in [1.29, 1.82) is 0 Å². The van der Waals surface area contributed by atoms with Gasteiger partial charge < -0.3 is 14.7 Å². The number of nitrogens with zero attached hydrogens (tertiary/aromatic N) is 2. The number of amides is 1. The monoisotopic (exact) mass is 545 g/mol. The second-order valence-electron chi connectivity index (χ2n) is 8.80. The molecule has 1 aliphatic heterocycles. The summed E-state index contributed by atoms with van der Waals surface area (Å²) in [6.07, 6.45) is 0.339. The summed E-state index contributed by atoms with van der Waals surface area (Å²) in [6, 6.07) is 7.40. The van der Waals surface area contributed by atoms with Gasteiger partial charge in [0, 0.05) is 30.8 Å². The number of hydrogen-bond donors (Lipinski definition) is 2. The molecular weight excluding hydrogens is 514 g/mol. The Morgan fingerprint density at radius 3 is 2.60 bits per heavy atom. The molecule has 0 saturated carbocycles. The fourth-order valence-corrected chi connectivity index (χ4v) is 6.78. The molecule has 13 heteroatoms. The number of aliphatic hydroxyl groups is 1. The van der Waals surface area contributed by atoms with E-state index >= 15 is 0 Å². The maximum absolute atomic E-state index is 13.2. The standard InChI is InChI=1S/C22H31N3O7S3/c1-15-12-25(16(2)14-26)21(27)11-17-10-18(23-34(4,28)29)7-8-19(17)32-20(15)13-24(3)35(30,31)22-6-5-9-33-22/h5-10,15-16,20,23,26H,11-14H2,1-4H3/t15-,16+,20+/m0/s1. The lowest BCUT2D eigenvalue weighted by atomic mass is 10.0. The number of benzene rings is 1. The van der Waals surface area contributed by atoms with Gasteiger partial charge in [0.1, 0.15) is 16.1 Å². The van der Waals surface area contributed by atoms with Crippen LogP contribution in [-0.2, 0) is 31.3 Å². The summed E-state index contributed by atoms with van der Waals surface area (Å²) >= 11 is 1.13. The second kappa shape index (κ2) is 10.8. The third-order valence-electron chi connectivity index (χ3n) is 5.82. The molecule has 0 spiro atoms. The largest absolute Gasteiger partial charge is 0.488 e. The zero-order valence-corrected chi connectivity index (χ0v) is 22.5. The molecule has 1 aromatic heterocycles. The van der Waals surface area contributed by atoms with E-state index in [4.69, 9.17) is 4.74 Å². The van der Waals surface area contributed by atoms with Gasteiger partial charge in [-0.1, -0.05) is 13.0 Å². The number of likely N-dealkylation sites (N-methyl/N-ethyl adjacent to an activating group) is 1. The van der Waals surface area contributed by atoms with Gasteiger partial charge in [0.25, 0.3) is 10.0 Å². The highest BCUT2D eigenvalue weighted by Crippen LogP contribution is 2.30. The molecule has 0 fully saturated rings. The number of thiophene rings is 1. The Kier molecular flexibility index (Phi) is 8.48. The third kappa shape index (κ3) is 6.73. The summed E-state index contributed by atoms with van der Waals surface area (Å²) in [5.74, 6) is -0.164. The molecule has 0 bridgehead atoms. The number of carbonyl (C=O) groups excluding carboxylic acids is 1. The fourth-order valence-electron chi connectivity index (χ4n) is 3.84. The number of ether oxygens (including phenoxy) is 1. The molecular formula is C22H31N3O7S3. The van der Waals surface area contributed by atoms with E-state index < -0.39 is 32.2 Å². The Labute approximate surface area is 210 Å². The lowest BCUT2D eigenvalue weighted by Gasteiger charge is -2.33. The van der Waals surface area contributed by atoms with Crippen molar-refractivity contribution in [2.45, 2.75) is 36.6 Å². The van der Waals surface area contributed by atoms with Gasteiger partial charge in [-0.2, -0.15) is 4.31 Å². The molecule has 1 aromatic carbocycles. The van der Waals surface area contributed by atoms with Crippen LogP contribution in [0.1, 0.15) is 19.4 Å². The summed E-state index contributed by atoms with van der Waals surface area (Å²) in [7, 11) is -5.77. The van der Waals surface area contributed by atoms with Crippen molar-refractivity contribution < 1.29 is 31.5 Å². The van der Waals surface area contributed by atoms with Crippen molar-refractivity contribution in [3.8, 4) is 5.75 Å². The van der Waals surface area contributed by atoms with E-state index in [1.54, 1.807) is 35.4 Å². The summed E-state index contributed by atoms with van der Waals surface area (Å²) in [4.78, 5) is 14.7.